The average molecular weight is 548 g/mol. The van der Waals surface area contributed by atoms with E-state index < -0.39 is 23.7 Å². The van der Waals surface area contributed by atoms with Gasteiger partial charge in [0.15, 0.2) is 11.5 Å². The molecule has 4 heterocycles. The SMILES string of the molecule is COc1ccc(CCNC(=O)Cn2c(=O)c3sccc3n(Cc3cc(=O)n4ccccc4n3)c2=O)cc1OC. The van der Waals surface area contributed by atoms with Crippen molar-refractivity contribution in [1.82, 2.24) is 23.8 Å². The maximum Gasteiger partial charge on any atom is 0.332 e. The molecule has 5 aromatic rings. The van der Waals surface area contributed by atoms with Crippen LogP contribution in [0, 0.1) is 0 Å². The topological polar surface area (TPSA) is 126 Å². The van der Waals surface area contributed by atoms with E-state index in [9.17, 15) is 19.2 Å². The highest BCUT2D eigenvalue weighted by Crippen LogP contribution is 2.27. The number of nitrogens with one attached hydrogen (secondary N) is 1. The maximum absolute atomic E-state index is 13.4. The monoisotopic (exact) mass is 547 g/mol. The van der Waals surface area contributed by atoms with Crippen LogP contribution in [0.2, 0.25) is 0 Å². The number of pyridine rings is 1. The molecule has 4 aromatic heterocycles. The molecule has 11 nitrogen and oxygen atoms in total. The Bertz CT molecular complexity index is 1870. The van der Waals surface area contributed by atoms with Crippen LogP contribution in [0.3, 0.4) is 0 Å². The second-order valence-corrected chi connectivity index (χ2v) is 9.61. The third kappa shape index (κ3) is 5.18. The zero-order valence-corrected chi connectivity index (χ0v) is 22.1. The van der Waals surface area contributed by atoms with Gasteiger partial charge >= 0.3 is 5.69 Å². The minimum atomic E-state index is -0.656. The lowest BCUT2D eigenvalue weighted by Crippen LogP contribution is -2.44. The van der Waals surface area contributed by atoms with Crippen LogP contribution in [0.4, 0.5) is 0 Å². The van der Waals surface area contributed by atoms with Gasteiger partial charge in [-0.15, -0.1) is 11.3 Å². The van der Waals surface area contributed by atoms with Gasteiger partial charge in [-0.3, -0.25) is 23.4 Å². The van der Waals surface area contributed by atoms with Crippen LogP contribution in [0.1, 0.15) is 11.3 Å². The van der Waals surface area contributed by atoms with Gasteiger partial charge in [-0.25, -0.2) is 14.3 Å². The van der Waals surface area contributed by atoms with Crippen LogP contribution in [0.15, 0.2) is 74.5 Å². The van der Waals surface area contributed by atoms with Crippen molar-refractivity contribution in [3.8, 4) is 11.5 Å². The van der Waals surface area contributed by atoms with E-state index in [0.717, 1.165) is 10.1 Å². The number of amides is 1. The number of methoxy groups -OCH3 is 2. The van der Waals surface area contributed by atoms with Crippen molar-refractivity contribution >= 4 is 33.1 Å². The fraction of sp³-hybridized carbons (Fsp3) is 0.222. The van der Waals surface area contributed by atoms with Crippen LogP contribution < -0.4 is 31.6 Å². The van der Waals surface area contributed by atoms with Gasteiger partial charge in [0.25, 0.3) is 11.1 Å². The third-order valence-corrected chi connectivity index (χ3v) is 7.16. The lowest BCUT2D eigenvalue weighted by molar-refractivity contribution is -0.121. The molecule has 0 saturated heterocycles. The number of aromatic nitrogens is 4. The van der Waals surface area contributed by atoms with Crippen molar-refractivity contribution in [1.29, 1.82) is 0 Å². The predicted molar refractivity (Wildman–Crippen MR) is 147 cm³/mol. The van der Waals surface area contributed by atoms with Crippen molar-refractivity contribution in [2.45, 2.75) is 19.5 Å². The van der Waals surface area contributed by atoms with Gasteiger partial charge in [0.1, 0.15) is 16.9 Å². The van der Waals surface area contributed by atoms with E-state index in [0.29, 0.717) is 46.0 Å². The van der Waals surface area contributed by atoms with Gasteiger partial charge in [-0.05, 0) is 47.7 Å². The van der Waals surface area contributed by atoms with E-state index in [1.165, 1.54) is 26.4 Å². The number of hydrogen-bond donors (Lipinski definition) is 1. The summed E-state index contributed by atoms with van der Waals surface area (Å²) in [6.45, 7) is -0.178. The molecule has 1 aromatic carbocycles. The number of fused-ring (bicyclic) bond motifs is 2. The molecule has 0 unspecified atom stereocenters. The molecule has 0 radical (unpaired) electrons. The maximum atomic E-state index is 13.4. The molecule has 0 atom stereocenters. The zero-order chi connectivity index (χ0) is 27.5. The number of thiophene rings is 1. The first kappa shape index (κ1) is 25.9. The Balaban J connectivity index is 1.37. The molecular weight excluding hydrogens is 522 g/mol. The van der Waals surface area contributed by atoms with Gasteiger partial charge < -0.3 is 14.8 Å². The van der Waals surface area contributed by atoms with Gasteiger partial charge in [0.05, 0.1) is 32.0 Å². The minimum absolute atomic E-state index is 0.0338. The summed E-state index contributed by atoms with van der Waals surface area (Å²) in [5.74, 6) is 0.717. The quantitative estimate of drug-likeness (QED) is 0.297. The largest absolute Gasteiger partial charge is 0.493 e. The van der Waals surface area contributed by atoms with Gasteiger partial charge in [-0.2, -0.15) is 0 Å². The van der Waals surface area contributed by atoms with E-state index in [1.54, 1.807) is 56.1 Å². The summed E-state index contributed by atoms with van der Waals surface area (Å²) in [5, 5.41) is 4.47. The molecule has 0 aliphatic rings. The van der Waals surface area contributed by atoms with Gasteiger partial charge in [0, 0.05) is 18.8 Å². The van der Waals surface area contributed by atoms with Gasteiger partial charge in [-0.1, -0.05) is 12.1 Å². The highest BCUT2D eigenvalue weighted by atomic mass is 32.1. The number of nitrogens with zero attached hydrogens (tertiary/aromatic N) is 4. The Morgan fingerprint density at radius 2 is 1.82 bits per heavy atom. The number of carbonyl (C=O) groups is 1. The molecule has 0 bridgehead atoms. The van der Waals surface area contributed by atoms with E-state index in [-0.39, 0.29) is 12.1 Å². The van der Waals surface area contributed by atoms with Crippen LogP contribution in [-0.2, 0) is 24.3 Å². The minimum Gasteiger partial charge on any atom is -0.493 e. The zero-order valence-electron chi connectivity index (χ0n) is 21.2. The lowest BCUT2D eigenvalue weighted by Gasteiger charge is -2.13. The molecule has 1 N–H and O–H groups in total. The number of carbonyl (C=O) groups excluding carboxylic acids is 1. The summed E-state index contributed by atoms with van der Waals surface area (Å²) in [5.41, 5.74) is 0.676. The number of ether oxygens (including phenoxy) is 2. The first-order valence-corrected chi connectivity index (χ1v) is 12.9. The Hall–Kier alpha value is -4.71. The predicted octanol–water partition coefficient (Wildman–Crippen LogP) is 1.66. The Morgan fingerprint density at radius 3 is 2.62 bits per heavy atom. The highest BCUT2D eigenvalue weighted by molar-refractivity contribution is 7.17. The molecule has 39 heavy (non-hydrogen) atoms. The van der Waals surface area contributed by atoms with Crippen molar-refractivity contribution < 1.29 is 14.3 Å². The van der Waals surface area contributed by atoms with Crippen molar-refractivity contribution in [2.75, 3.05) is 20.8 Å². The standard InChI is InChI=1S/C27H25N5O6S/c1-37-20-7-6-17(13-21(20)38-2)8-10-28-23(33)16-32-26(35)25-19(9-12-39-25)31(27(32)36)15-18-14-24(34)30-11-4-3-5-22(30)29-18/h3-7,9,11-14H,8,10,15-16H2,1-2H3,(H,28,33). The summed E-state index contributed by atoms with van der Waals surface area (Å²) in [7, 11) is 3.10. The van der Waals surface area contributed by atoms with Crippen LogP contribution >= 0.6 is 11.3 Å². The molecule has 0 aliphatic heterocycles. The summed E-state index contributed by atoms with van der Waals surface area (Å²) < 4.78 is 14.6. The van der Waals surface area contributed by atoms with E-state index >= 15 is 0 Å². The second kappa shape index (κ2) is 11.0. The second-order valence-electron chi connectivity index (χ2n) is 8.70. The average Bonchev–Trinajstić information content (AvgIpc) is 3.43. The van der Waals surface area contributed by atoms with E-state index in [1.807, 2.05) is 12.1 Å². The smallest absolute Gasteiger partial charge is 0.332 e. The summed E-state index contributed by atoms with van der Waals surface area (Å²) in [6.07, 6.45) is 2.12. The Morgan fingerprint density at radius 1 is 1.00 bits per heavy atom. The fourth-order valence-corrected chi connectivity index (χ4v) is 5.20. The van der Waals surface area contributed by atoms with Crippen molar-refractivity contribution in [3.63, 3.8) is 0 Å². The fourth-order valence-electron chi connectivity index (χ4n) is 4.35. The first-order valence-electron chi connectivity index (χ1n) is 12.1. The van der Waals surface area contributed by atoms with E-state index in [4.69, 9.17) is 9.47 Å². The molecule has 200 valence electrons. The summed E-state index contributed by atoms with van der Waals surface area (Å²) in [4.78, 5) is 56.3. The van der Waals surface area contributed by atoms with Crippen LogP contribution in [0.25, 0.3) is 15.9 Å². The normalized spacial score (nSPS) is 11.1. The molecule has 0 aliphatic carbocycles. The Kier molecular flexibility index (Phi) is 7.28. The first-order chi connectivity index (χ1) is 18.9. The highest BCUT2D eigenvalue weighted by Gasteiger charge is 2.17. The van der Waals surface area contributed by atoms with Crippen LogP contribution in [0.5, 0.6) is 11.5 Å². The lowest BCUT2D eigenvalue weighted by atomic mass is 10.1. The molecule has 0 fully saturated rings. The Labute approximate surface area is 225 Å². The molecule has 5 rings (SSSR count). The molecule has 0 saturated carbocycles. The van der Waals surface area contributed by atoms with Crippen molar-refractivity contribution in [2.24, 2.45) is 0 Å². The number of hydrogen-bond acceptors (Lipinski definition) is 8. The molecule has 12 heteroatoms. The molecule has 1 amide bonds. The number of benzene rings is 1. The molecular formula is C27H25N5O6S. The third-order valence-electron chi connectivity index (χ3n) is 6.27. The van der Waals surface area contributed by atoms with Gasteiger partial charge in [0.2, 0.25) is 5.91 Å². The summed E-state index contributed by atoms with van der Waals surface area (Å²) >= 11 is 1.18. The van der Waals surface area contributed by atoms with E-state index in [2.05, 4.69) is 10.3 Å². The number of rotatable bonds is 9. The summed E-state index contributed by atoms with van der Waals surface area (Å²) in [6, 6.07) is 13.7. The molecule has 0 spiro atoms. The van der Waals surface area contributed by atoms with Crippen molar-refractivity contribution in [3.05, 3.63) is 103 Å². The van der Waals surface area contributed by atoms with Crippen LogP contribution in [-0.4, -0.2) is 45.2 Å².